The Morgan fingerprint density at radius 3 is 2.10 bits per heavy atom. The van der Waals surface area contributed by atoms with Gasteiger partial charge in [-0.25, -0.2) is 0 Å². The van der Waals surface area contributed by atoms with Crippen molar-refractivity contribution in [2.75, 3.05) is 0 Å². The highest BCUT2D eigenvalue weighted by Gasteiger charge is 2.58. The van der Waals surface area contributed by atoms with Crippen molar-refractivity contribution in [1.82, 2.24) is 0 Å². The molecule has 2 atom stereocenters. The molecule has 1 heteroatoms. The van der Waals surface area contributed by atoms with Gasteiger partial charge in [0.2, 0.25) is 0 Å². The second-order valence-corrected chi connectivity index (χ2v) is 5.71. The van der Waals surface area contributed by atoms with E-state index in [1.54, 1.807) is 0 Å². The third kappa shape index (κ3) is 0.939. The van der Waals surface area contributed by atoms with Gasteiger partial charge in [-0.3, -0.25) is 0 Å². The Morgan fingerprint density at radius 1 is 1.10 bits per heavy atom. The first-order valence-electron chi connectivity index (χ1n) is 4.42. The smallest absolute Gasteiger partial charge is 0.0292 e. The van der Waals surface area contributed by atoms with Crippen LogP contribution in [0.1, 0.15) is 39.0 Å². The van der Waals surface area contributed by atoms with E-state index in [0.29, 0.717) is 4.32 Å². The van der Waals surface area contributed by atoms with Gasteiger partial charge in [-0.2, -0.15) is 0 Å². The fourth-order valence-electron chi connectivity index (χ4n) is 2.53. The van der Waals surface area contributed by atoms with E-state index >= 15 is 0 Å². The molecule has 2 aliphatic rings. The van der Waals surface area contributed by atoms with Crippen LogP contribution in [0.3, 0.4) is 0 Å². The van der Waals surface area contributed by atoms with Crippen molar-refractivity contribution in [3.05, 3.63) is 0 Å². The fourth-order valence-corrected chi connectivity index (χ4v) is 3.49. The Bertz CT molecular complexity index is 126. The molecule has 0 saturated heterocycles. The molecule has 0 aromatic heterocycles. The third-order valence-electron chi connectivity index (χ3n) is 3.36. The Morgan fingerprint density at radius 2 is 1.60 bits per heavy atom. The summed E-state index contributed by atoms with van der Waals surface area (Å²) in [4.78, 5) is 0. The van der Waals surface area contributed by atoms with Gasteiger partial charge in [-0.1, -0.05) is 35.2 Å². The van der Waals surface area contributed by atoms with Crippen LogP contribution in [0.4, 0.5) is 0 Å². The average Bonchev–Trinajstić information content (AvgIpc) is 2.47. The van der Waals surface area contributed by atoms with Crippen molar-refractivity contribution in [2.24, 2.45) is 11.8 Å². The van der Waals surface area contributed by atoms with Crippen LogP contribution >= 0.6 is 15.9 Å². The van der Waals surface area contributed by atoms with Gasteiger partial charge in [-0.05, 0) is 31.6 Å². The summed E-state index contributed by atoms with van der Waals surface area (Å²) in [5.41, 5.74) is 0. The zero-order valence-corrected chi connectivity index (χ0v) is 8.15. The Balaban J connectivity index is 2.01. The molecule has 58 valence electrons. The van der Waals surface area contributed by atoms with Crippen LogP contribution < -0.4 is 0 Å². The molecule has 0 heterocycles. The van der Waals surface area contributed by atoms with E-state index in [-0.39, 0.29) is 0 Å². The van der Waals surface area contributed by atoms with Gasteiger partial charge in [0.05, 0.1) is 0 Å². The molecule has 0 N–H and O–H groups in total. The van der Waals surface area contributed by atoms with Crippen LogP contribution in [-0.4, -0.2) is 4.32 Å². The number of rotatable bonds is 0. The molecule has 0 amide bonds. The standard InChI is InChI=1S/C9H15Br/c1-9(10)7-5-3-2-4-6-8(7)9/h7-8H,2-6H2,1H3. The minimum atomic E-state index is 0.549. The highest BCUT2D eigenvalue weighted by molar-refractivity contribution is 9.10. The molecule has 2 aliphatic carbocycles. The van der Waals surface area contributed by atoms with Gasteiger partial charge in [0.15, 0.2) is 0 Å². The monoisotopic (exact) mass is 202 g/mol. The lowest BCUT2D eigenvalue weighted by Crippen LogP contribution is -1.96. The van der Waals surface area contributed by atoms with Crippen LogP contribution in [0.15, 0.2) is 0 Å². The lowest BCUT2D eigenvalue weighted by atomic mass is 10.1. The van der Waals surface area contributed by atoms with E-state index in [9.17, 15) is 0 Å². The van der Waals surface area contributed by atoms with Crippen molar-refractivity contribution < 1.29 is 0 Å². The van der Waals surface area contributed by atoms with Gasteiger partial charge >= 0.3 is 0 Å². The zero-order valence-electron chi connectivity index (χ0n) is 6.57. The van der Waals surface area contributed by atoms with E-state index in [1.165, 1.54) is 32.1 Å². The normalized spacial score (nSPS) is 53.4. The molecule has 0 bridgehead atoms. The molecule has 0 spiro atoms. The first kappa shape index (κ1) is 7.15. The van der Waals surface area contributed by atoms with Crippen LogP contribution in [0.5, 0.6) is 0 Å². The van der Waals surface area contributed by atoms with Gasteiger partial charge in [0.1, 0.15) is 0 Å². The quantitative estimate of drug-likeness (QED) is 0.529. The molecule has 0 aromatic carbocycles. The van der Waals surface area contributed by atoms with Gasteiger partial charge in [0, 0.05) is 4.32 Å². The summed E-state index contributed by atoms with van der Waals surface area (Å²) in [5.74, 6) is 2.05. The summed E-state index contributed by atoms with van der Waals surface area (Å²) in [6, 6.07) is 0. The predicted molar refractivity (Wildman–Crippen MR) is 47.4 cm³/mol. The van der Waals surface area contributed by atoms with E-state index < -0.39 is 0 Å². The first-order chi connectivity index (χ1) is 4.73. The third-order valence-corrected chi connectivity index (χ3v) is 4.53. The van der Waals surface area contributed by atoms with Crippen LogP contribution in [0.25, 0.3) is 0 Å². The highest BCUT2D eigenvalue weighted by atomic mass is 79.9. The SMILES string of the molecule is CC1(Br)C2CCCCCC21. The molecule has 0 aliphatic heterocycles. The van der Waals surface area contributed by atoms with E-state index in [2.05, 4.69) is 22.9 Å². The Hall–Kier alpha value is 0.480. The van der Waals surface area contributed by atoms with E-state index in [1.807, 2.05) is 0 Å². The van der Waals surface area contributed by atoms with Crippen molar-refractivity contribution >= 4 is 15.9 Å². The molecule has 0 nitrogen and oxygen atoms in total. The molecule has 0 radical (unpaired) electrons. The molecular weight excluding hydrogens is 188 g/mol. The Kier molecular flexibility index (Phi) is 1.59. The second-order valence-electron chi connectivity index (χ2n) is 4.00. The lowest BCUT2D eigenvalue weighted by molar-refractivity contribution is 0.614. The van der Waals surface area contributed by atoms with Crippen LogP contribution in [0.2, 0.25) is 0 Å². The zero-order chi connectivity index (χ0) is 7.19. The molecule has 0 aromatic rings. The maximum absolute atomic E-state index is 3.81. The summed E-state index contributed by atoms with van der Waals surface area (Å²) in [6.07, 6.45) is 7.39. The summed E-state index contributed by atoms with van der Waals surface area (Å²) < 4.78 is 0.549. The number of fused-ring (bicyclic) bond motifs is 1. The first-order valence-corrected chi connectivity index (χ1v) is 5.21. The molecule has 2 fully saturated rings. The van der Waals surface area contributed by atoms with E-state index in [0.717, 1.165) is 11.8 Å². The highest BCUT2D eigenvalue weighted by Crippen LogP contribution is 2.62. The van der Waals surface area contributed by atoms with Gasteiger partial charge in [0.25, 0.3) is 0 Å². The van der Waals surface area contributed by atoms with E-state index in [4.69, 9.17) is 0 Å². The molecule has 2 rings (SSSR count). The maximum atomic E-state index is 3.81. The molecule has 2 unspecified atom stereocenters. The van der Waals surface area contributed by atoms with Crippen molar-refractivity contribution in [2.45, 2.75) is 43.4 Å². The second kappa shape index (κ2) is 2.23. The number of alkyl halides is 1. The molecule has 2 saturated carbocycles. The Labute approximate surface area is 71.5 Å². The number of halogens is 1. The maximum Gasteiger partial charge on any atom is 0.0292 e. The van der Waals surface area contributed by atoms with Crippen LogP contribution in [0, 0.1) is 11.8 Å². The van der Waals surface area contributed by atoms with Crippen LogP contribution in [-0.2, 0) is 0 Å². The minimum Gasteiger partial charge on any atom is -0.0850 e. The predicted octanol–water partition coefficient (Wildman–Crippen LogP) is 3.35. The van der Waals surface area contributed by atoms with Crippen molar-refractivity contribution in [1.29, 1.82) is 0 Å². The topological polar surface area (TPSA) is 0 Å². The van der Waals surface area contributed by atoms with Gasteiger partial charge < -0.3 is 0 Å². The average molecular weight is 203 g/mol. The number of hydrogen-bond donors (Lipinski definition) is 0. The summed E-state index contributed by atoms with van der Waals surface area (Å²) in [6.45, 7) is 2.37. The lowest BCUT2D eigenvalue weighted by Gasteiger charge is -2.02. The molecular formula is C9H15Br. The van der Waals surface area contributed by atoms with Gasteiger partial charge in [-0.15, -0.1) is 0 Å². The summed E-state index contributed by atoms with van der Waals surface area (Å²) >= 11 is 3.81. The molecule has 10 heavy (non-hydrogen) atoms. The number of hydrogen-bond acceptors (Lipinski definition) is 0. The minimum absolute atomic E-state index is 0.549. The largest absolute Gasteiger partial charge is 0.0850 e. The fraction of sp³-hybridized carbons (Fsp3) is 1.00. The van der Waals surface area contributed by atoms with Crippen molar-refractivity contribution in [3.63, 3.8) is 0 Å². The summed E-state index contributed by atoms with van der Waals surface area (Å²) in [7, 11) is 0. The van der Waals surface area contributed by atoms with Crippen molar-refractivity contribution in [3.8, 4) is 0 Å². The summed E-state index contributed by atoms with van der Waals surface area (Å²) in [5, 5.41) is 0.